The number of ether oxygens (including phenoxy) is 1. The van der Waals surface area contributed by atoms with E-state index in [0.717, 1.165) is 10.9 Å². The first kappa shape index (κ1) is 11.0. The zero-order valence-electron chi connectivity index (χ0n) is 9.42. The van der Waals surface area contributed by atoms with Crippen LogP contribution in [0.4, 0.5) is 0 Å². The molecule has 1 aromatic carbocycles. The minimum absolute atomic E-state index is 0.280. The van der Waals surface area contributed by atoms with Gasteiger partial charge in [0.1, 0.15) is 12.3 Å². The highest BCUT2D eigenvalue weighted by Crippen LogP contribution is 2.26. The number of hydrogen-bond acceptors (Lipinski definition) is 4. The zero-order valence-corrected chi connectivity index (χ0v) is 10.2. The molecular weight excluding hydrogens is 248 g/mol. The summed E-state index contributed by atoms with van der Waals surface area (Å²) in [4.78, 5) is 11.6. The van der Waals surface area contributed by atoms with E-state index in [0.29, 0.717) is 5.69 Å². The number of aromatic amines is 1. The second-order valence-electron chi connectivity index (χ2n) is 3.80. The third-order valence-electron chi connectivity index (χ3n) is 2.64. The summed E-state index contributed by atoms with van der Waals surface area (Å²) in [5.41, 5.74) is 1.40. The van der Waals surface area contributed by atoms with Crippen molar-refractivity contribution in [2.75, 3.05) is 0 Å². The van der Waals surface area contributed by atoms with Gasteiger partial charge in [0.2, 0.25) is 0 Å². The number of H-pyrrole nitrogens is 1. The first-order valence-electron chi connectivity index (χ1n) is 5.46. The second kappa shape index (κ2) is 4.62. The maximum absolute atomic E-state index is 11.6. The average Bonchev–Trinajstić information content (AvgIpc) is 3.06. The van der Waals surface area contributed by atoms with E-state index in [1.807, 2.05) is 23.6 Å². The van der Waals surface area contributed by atoms with E-state index in [1.54, 1.807) is 17.4 Å². The number of thiophene rings is 1. The topological polar surface area (TPSA) is 55.0 Å². The van der Waals surface area contributed by atoms with Gasteiger partial charge in [-0.3, -0.25) is 5.10 Å². The molecule has 0 fully saturated rings. The van der Waals surface area contributed by atoms with Crippen LogP contribution < -0.4 is 0 Å². The van der Waals surface area contributed by atoms with Gasteiger partial charge in [-0.05, 0) is 22.9 Å². The normalized spacial score (nSPS) is 10.7. The molecule has 3 rings (SSSR count). The summed E-state index contributed by atoms with van der Waals surface area (Å²) >= 11 is 1.65. The molecule has 3 aromatic rings. The van der Waals surface area contributed by atoms with Gasteiger partial charge in [0, 0.05) is 16.5 Å². The molecule has 18 heavy (non-hydrogen) atoms. The van der Waals surface area contributed by atoms with Crippen molar-refractivity contribution in [3.05, 3.63) is 53.2 Å². The molecule has 0 saturated carbocycles. The molecule has 0 amide bonds. The largest absolute Gasteiger partial charge is 0.456 e. The van der Waals surface area contributed by atoms with Crippen LogP contribution in [0, 0.1) is 0 Å². The Balaban J connectivity index is 1.76. The van der Waals surface area contributed by atoms with E-state index in [1.165, 1.54) is 10.9 Å². The number of nitrogens with one attached hydrogen (secondary N) is 1. The van der Waals surface area contributed by atoms with Crippen LogP contribution in [-0.4, -0.2) is 16.2 Å². The smallest absolute Gasteiger partial charge is 0.356 e. The van der Waals surface area contributed by atoms with Crippen molar-refractivity contribution in [1.29, 1.82) is 0 Å². The molecular formula is C13H10N2O2S. The molecule has 0 bridgehead atoms. The summed E-state index contributed by atoms with van der Waals surface area (Å²) in [6.07, 6.45) is 1.52. The van der Waals surface area contributed by atoms with Gasteiger partial charge in [0.25, 0.3) is 0 Å². The van der Waals surface area contributed by atoms with Crippen molar-refractivity contribution in [3.8, 4) is 0 Å². The van der Waals surface area contributed by atoms with Gasteiger partial charge in [0.15, 0.2) is 0 Å². The highest BCUT2D eigenvalue weighted by atomic mass is 32.1. The van der Waals surface area contributed by atoms with Gasteiger partial charge in [-0.2, -0.15) is 5.10 Å². The predicted octanol–water partition coefficient (Wildman–Crippen LogP) is 2.98. The predicted molar refractivity (Wildman–Crippen MR) is 69.5 cm³/mol. The molecule has 0 aliphatic carbocycles. The van der Waals surface area contributed by atoms with Gasteiger partial charge in [-0.1, -0.05) is 18.2 Å². The molecule has 0 radical (unpaired) electrons. The maximum Gasteiger partial charge on any atom is 0.356 e. The minimum Gasteiger partial charge on any atom is -0.456 e. The Morgan fingerprint density at radius 1 is 1.33 bits per heavy atom. The summed E-state index contributed by atoms with van der Waals surface area (Å²) in [7, 11) is 0. The number of hydrogen-bond donors (Lipinski definition) is 1. The summed E-state index contributed by atoms with van der Waals surface area (Å²) in [5.74, 6) is -0.386. The van der Waals surface area contributed by atoms with Crippen molar-refractivity contribution < 1.29 is 9.53 Å². The standard InChI is InChI=1S/C13H10N2O2S/c16-13(11-5-6-14-15-11)17-7-9-8-18-12-4-2-1-3-10(9)12/h1-6,8H,7H2,(H,14,15). The molecule has 1 N–H and O–H groups in total. The molecule has 0 aliphatic rings. The first-order chi connectivity index (χ1) is 8.84. The Labute approximate surface area is 107 Å². The number of carbonyl (C=O) groups is 1. The van der Waals surface area contributed by atoms with E-state index in [2.05, 4.69) is 16.3 Å². The van der Waals surface area contributed by atoms with Crippen LogP contribution in [0.3, 0.4) is 0 Å². The van der Waals surface area contributed by atoms with Crippen LogP contribution in [0.15, 0.2) is 41.9 Å². The van der Waals surface area contributed by atoms with Crippen molar-refractivity contribution in [2.45, 2.75) is 6.61 Å². The van der Waals surface area contributed by atoms with Crippen molar-refractivity contribution in [3.63, 3.8) is 0 Å². The van der Waals surface area contributed by atoms with E-state index in [-0.39, 0.29) is 12.6 Å². The second-order valence-corrected chi connectivity index (χ2v) is 4.71. The van der Waals surface area contributed by atoms with Crippen molar-refractivity contribution >= 4 is 27.4 Å². The lowest BCUT2D eigenvalue weighted by Gasteiger charge is -2.02. The van der Waals surface area contributed by atoms with Crippen LogP contribution in [0.5, 0.6) is 0 Å². The van der Waals surface area contributed by atoms with Gasteiger partial charge in [-0.25, -0.2) is 4.79 Å². The molecule has 0 spiro atoms. The number of esters is 1. The lowest BCUT2D eigenvalue weighted by molar-refractivity contribution is 0.0468. The zero-order chi connectivity index (χ0) is 12.4. The summed E-state index contributed by atoms with van der Waals surface area (Å²) in [6.45, 7) is 0.280. The fraction of sp³-hybridized carbons (Fsp3) is 0.0769. The van der Waals surface area contributed by atoms with Crippen molar-refractivity contribution in [1.82, 2.24) is 10.2 Å². The van der Waals surface area contributed by atoms with Crippen LogP contribution in [0.2, 0.25) is 0 Å². The van der Waals surface area contributed by atoms with Crippen LogP contribution >= 0.6 is 11.3 Å². The first-order valence-corrected chi connectivity index (χ1v) is 6.34. The molecule has 0 saturated heterocycles. The van der Waals surface area contributed by atoms with Gasteiger partial charge in [0.05, 0.1) is 0 Å². The Bertz CT molecular complexity index is 673. The number of rotatable bonds is 3. The van der Waals surface area contributed by atoms with Gasteiger partial charge in [-0.15, -0.1) is 11.3 Å². The molecule has 4 nitrogen and oxygen atoms in total. The van der Waals surface area contributed by atoms with Gasteiger partial charge < -0.3 is 4.74 Å². The summed E-state index contributed by atoms with van der Waals surface area (Å²) < 4.78 is 6.43. The molecule has 2 heterocycles. The van der Waals surface area contributed by atoms with E-state index in [9.17, 15) is 4.79 Å². The van der Waals surface area contributed by atoms with Crippen LogP contribution in [0.25, 0.3) is 10.1 Å². The molecule has 0 aliphatic heterocycles. The maximum atomic E-state index is 11.6. The average molecular weight is 258 g/mol. The molecule has 0 unspecified atom stereocenters. The van der Waals surface area contributed by atoms with Crippen LogP contribution in [-0.2, 0) is 11.3 Å². The Kier molecular flexibility index (Phi) is 2.82. The molecule has 2 aromatic heterocycles. The van der Waals surface area contributed by atoms with E-state index >= 15 is 0 Å². The number of aromatic nitrogens is 2. The third-order valence-corrected chi connectivity index (χ3v) is 3.65. The quantitative estimate of drug-likeness (QED) is 0.735. The monoisotopic (exact) mass is 258 g/mol. The fourth-order valence-electron chi connectivity index (χ4n) is 1.74. The highest BCUT2D eigenvalue weighted by Gasteiger charge is 2.10. The van der Waals surface area contributed by atoms with E-state index in [4.69, 9.17) is 4.74 Å². The van der Waals surface area contributed by atoms with Gasteiger partial charge >= 0.3 is 5.97 Å². The van der Waals surface area contributed by atoms with Crippen molar-refractivity contribution in [2.24, 2.45) is 0 Å². The van der Waals surface area contributed by atoms with Crippen LogP contribution in [0.1, 0.15) is 16.1 Å². The lowest BCUT2D eigenvalue weighted by atomic mass is 10.2. The highest BCUT2D eigenvalue weighted by molar-refractivity contribution is 7.17. The summed E-state index contributed by atoms with van der Waals surface area (Å²) in [5, 5.41) is 9.45. The number of carbonyl (C=O) groups excluding carboxylic acids is 1. The molecule has 5 heteroatoms. The Morgan fingerprint density at radius 2 is 2.22 bits per heavy atom. The number of nitrogens with zero attached hydrogens (tertiary/aromatic N) is 1. The lowest BCUT2D eigenvalue weighted by Crippen LogP contribution is -2.05. The third kappa shape index (κ3) is 2.00. The Morgan fingerprint density at radius 3 is 3.06 bits per heavy atom. The van der Waals surface area contributed by atoms with E-state index < -0.39 is 0 Å². The SMILES string of the molecule is O=C(OCc1csc2ccccc12)c1ccn[nH]1. The molecule has 90 valence electrons. The number of fused-ring (bicyclic) bond motifs is 1. The molecule has 0 atom stereocenters. The minimum atomic E-state index is -0.386. The Hall–Kier alpha value is -2.14. The summed E-state index contributed by atoms with van der Waals surface area (Å²) in [6, 6.07) is 9.66. The number of benzene rings is 1. The fourth-order valence-corrected chi connectivity index (χ4v) is 2.68.